The zero-order valence-corrected chi connectivity index (χ0v) is 22.7. The van der Waals surface area contributed by atoms with Gasteiger partial charge in [-0.3, -0.25) is 4.98 Å². The van der Waals surface area contributed by atoms with Crippen LogP contribution in [0.25, 0.3) is 54.7 Å². The smallest absolute Gasteiger partial charge is 0.399 e. The van der Waals surface area contributed by atoms with E-state index in [1.54, 1.807) is 0 Å². The number of hydrogen-bond donors (Lipinski definition) is 0. The Morgan fingerprint density at radius 1 is 0.513 bits per heavy atom. The van der Waals surface area contributed by atoms with Gasteiger partial charge in [0.15, 0.2) is 0 Å². The highest BCUT2D eigenvalue weighted by Crippen LogP contribution is 2.39. The first-order valence-corrected chi connectivity index (χ1v) is 13.6. The average Bonchev–Trinajstić information content (AvgIpc) is 3.19. The van der Waals surface area contributed by atoms with Gasteiger partial charge in [0.2, 0.25) is 0 Å². The Morgan fingerprint density at radius 2 is 1.05 bits per heavy atom. The van der Waals surface area contributed by atoms with Crippen LogP contribution in [-0.4, -0.2) is 23.3 Å². The summed E-state index contributed by atoms with van der Waals surface area (Å²) in [5.74, 6) is 0. The van der Waals surface area contributed by atoms with Gasteiger partial charge in [0.25, 0.3) is 0 Å². The normalized spacial score (nSPS) is 16.4. The molecule has 0 saturated carbocycles. The fourth-order valence-electron chi connectivity index (χ4n) is 5.70. The van der Waals surface area contributed by atoms with Gasteiger partial charge in [0, 0.05) is 11.8 Å². The number of fused-ring (bicyclic) bond motifs is 6. The maximum Gasteiger partial charge on any atom is 0.494 e. The van der Waals surface area contributed by atoms with E-state index in [0.717, 1.165) is 27.8 Å². The minimum absolute atomic E-state index is 0.415. The van der Waals surface area contributed by atoms with E-state index in [1.165, 1.54) is 32.3 Å². The summed E-state index contributed by atoms with van der Waals surface area (Å²) >= 11 is 0. The molecule has 190 valence electrons. The molecule has 1 aromatic heterocycles. The highest BCUT2D eigenvalue weighted by atomic mass is 16.7. The summed E-state index contributed by atoms with van der Waals surface area (Å²) in [5.41, 5.74) is 4.40. The molecule has 1 saturated heterocycles. The van der Waals surface area contributed by atoms with Crippen LogP contribution in [0.3, 0.4) is 0 Å². The summed E-state index contributed by atoms with van der Waals surface area (Å²) in [6.45, 7) is 8.37. The van der Waals surface area contributed by atoms with Gasteiger partial charge in [0.05, 0.1) is 16.9 Å². The highest BCUT2D eigenvalue weighted by molar-refractivity contribution is 6.62. The standard InChI is InChI=1S/C35H30BNO2/c1-34(2)35(3,4)39-36(38-34)26-20-24(19-25(21-26)33-15-9-10-18-37-33)23-16-17-31-29-13-6-5-11-27(29)28-12-7-8-14-30(28)32(31)22-23/h5-22H,1-4H3. The van der Waals surface area contributed by atoms with Crippen molar-refractivity contribution < 1.29 is 9.31 Å². The van der Waals surface area contributed by atoms with E-state index in [4.69, 9.17) is 9.31 Å². The van der Waals surface area contributed by atoms with Crippen molar-refractivity contribution in [1.29, 1.82) is 0 Å². The first-order chi connectivity index (χ1) is 18.8. The molecule has 2 heterocycles. The molecule has 0 atom stereocenters. The van der Waals surface area contributed by atoms with E-state index in [1.807, 2.05) is 24.4 Å². The molecule has 0 bridgehead atoms. The van der Waals surface area contributed by atoms with Crippen LogP contribution in [0.5, 0.6) is 0 Å². The molecule has 1 fully saturated rings. The SMILES string of the molecule is CC1(C)OB(c2cc(-c3ccc4c5ccccc5c5ccccc5c4c3)cc(-c3ccccn3)c2)OC1(C)C. The van der Waals surface area contributed by atoms with Crippen molar-refractivity contribution in [2.75, 3.05) is 0 Å². The Labute approximate surface area is 229 Å². The van der Waals surface area contributed by atoms with Gasteiger partial charge >= 0.3 is 7.12 Å². The second-order valence-corrected chi connectivity index (χ2v) is 11.5. The maximum atomic E-state index is 6.47. The minimum atomic E-state index is -0.456. The Balaban J connectivity index is 1.45. The van der Waals surface area contributed by atoms with Crippen LogP contribution in [-0.2, 0) is 9.31 Å². The maximum absolute atomic E-state index is 6.47. The summed E-state index contributed by atoms with van der Waals surface area (Å²) in [7, 11) is -0.456. The van der Waals surface area contributed by atoms with Crippen LogP contribution >= 0.6 is 0 Å². The predicted octanol–water partition coefficient (Wildman–Crippen LogP) is 8.17. The van der Waals surface area contributed by atoms with E-state index in [0.29, 0.717) is 0 Å². The summed E-state index contributed by atoms with van der Waals surface area (Å²) < 4.78 is 12.9. The van der Waals surface area contributed by atoms with Crippen molar-refractivity contribution in [1.82, 2.24) is 4.98 Å². The van der Waals surface area contributed by atoms with E-state index in [2.05, 4.69) is 118 Å². The van der Waals surface area contributed by atoms with Gasteiger partial charge in [-0.2, -0.15) is 0 Å². The van der Waals surface area contributed by atoms with Gasteiger partial charge in [-0.1, -0.05) is 78.9 Å². The molecule has 39 heavy (non-hydrogen) atoms. The van der Waals surface area contributed by atoms with Crippen molar-refractivity contribution in [3.05, 3.63) is 109 Å². The van der Waals surface area contributed by atoms with Crippen LogP contribution in [0.1, 0.15) is 27.7 Å². The first kappa shape index (κ1) is 24.1. The molecule has 4 heteroatoms. The molecular weight excluding hydrogens is 477 g/mol. The Kier molecular flexibility index (Phi) is 5.42. The molecule has 0 amide bonds. The third-order valence-electron chi connectivity index (χ3n) is 8.52. The van der Waals surface area contributed by atoms with Crippen LogP contribution in [0.4, 0.5) is 0 Å². The van der Waals surface area contributed by atoms with E-state index in [-0.39, 0.29) is 0 Å². The largest absolute Gasteiger partial charge is 0.494 e. The molecule has 3 nitrogen and oxygen atoms in total. The lowest BCUT2D eigenvalue weighted by molar-refractivity contribution is 0.00578. The number of nitrogens with zero attached hydrogens (tertiary/aromatic N) is 1. The predicted molar refractivity (Wildman–Crippen MR) is 163 cm³/mol. The van der Waals surface area contributed by atoms with E-state index >= 15 is 0 Å². The summed E-state index contributed by atoms with van der Waals surface area (Å²) in [5, 5.41) is 7.62. The summed E-state index contributed by atoms with van der Waals surface area (Å²) in [4.78, 5) is 4.65. The number of rotatable bonds is 3. The second kappa shape index (κ2) is 8.77. The quantitative estimate of drug-likeness (QED) is 0.179. The molecule has 0 N–H and O–H groups in total. The number of benzene rings is 5. The molecule has 0 aliphatic carbocycles. The Bertz CT molecular complexity index is 1830. The van der Waals surface area contributed by atoms with Gasteiger partial charge in [-0.15, -0.1) is 0 Å². The molecule has 5 aromatic carbocycles. The third kappa shape index (κ3) is 3.94. The summed E-state index contributed by atoms with van der Waals surface area (Å²) in [6, 6.07) is 36.8. The van der Waals surface area contributed by atoms with Crippen molar-refractivity contribution in [3.63, 3.8) is 0 Å². The van der Waals surface area contributed by atoms with Gasteiger partial charge in [0.1, 0.15) is 0 Å². The number of hydrogen-bond acceptors (Lipinski definition) is 3. The molecule has 0 unspecified atom stereocenters. The Morgan fingerprint density at radius 3 is 1.64 bits per heavy atom. The fourth-order valence-corrected chi connectivity index (χ4v) is 5.70. The lowest BCUT2D eigenvalue weighted by Gasteiger charge is -2.32. The zero-order chi connectivity index (χ0) is 26.8. The van der Waals surface area contributed by atoms with Crippen molar-refractivity contribution in [2.24, 2.45) is 0 Å². The molecule has 0 spiro atoms. The van der Waals surface area contributed by atoms with Crippen molar-refractivity contribution in [3.8, 4) is 22.4 Å². The molecule has 1 aliphatic heterocycles. The first-order valence-electron chi connectivity index (χ1n) is 13.6. The molecule has 1 aliphatic rings. The minimum Gasteiger partial charge on any atom is -0.399 e. The average molecular weight is 507 g/mol. The van der Waals surface area contributed by atoms with E-state index < -0.39 is 18.3 Å². The lowest BCUT2D eigenvalue weighted by atomic mass is 9.76. The zero-order valence-electron chi connectivity index (χ0n) is 22.7. The monoisotopic (exact) mass is 507 g/mol. The van der Waals surface area contributed by atoms with Gasteiger partial charge in [-0.05, 0) is 101 Å². The summed E-state index contributed by atoms with van der Waals surface area (Å²) in [6.07, 6.45) is 1.84. The van der Waals surface area contributed by atoms with Crippen LogP contribution in [0.15, 0.2) is 109 Å². The Hall–Kier alpha value is -3.99. The highest BCUT2D eigenvalue weighted by Gasteiger charge is 2.51. The van der Waals surface area contributed by atoms with Gasteiger partial charge < -0.3 is 9.31 Å². The molecule has 0 radical (unpaired) electrons. The fraction of sp³-hybridized carbons (Fsp3) is 0.171. The second-order valence-electron chi connectivity index (χ2n) is 11.5. The van der Waals surface area contributed by atoms with E-state index in [9.17, 15) is 0 Å². The third-order valence-corrected chi connectivity index (χ3v) is 8.52. The number of aromatic nitrogens is 1. The molecular formula is C35H30BNO2. The van der Waals surface area contributed by atoms with Crippen molar-refractivity contribution >= 4 is 44.9 Å². The van der Waals surface area contributed by atoms with Crippen LogP contribution in [0.2, 0.25) is 0 Å². The molecule has 6 aromatic rings. The van der Waals surface area contributed by atoms with Gasteiger partial charge in [-0.25, -0.2) is 0 Å². The van der Waals surface area contributed by atoms with Crippen LogP contribution in [0, 0.1) is 0 Å². The van der Waals surface area contributed by atoms with Crippen molar-refractivity contribution in [2.45, 2.75) is 38.9 Å². The van der Waals surface area contributed by atoms with Crippen LogP contribution < -0.4 is 5.46 Å². The lowest BCUT2D eigenvalue weighted by Crippen LogP contribution is -2.41. The topological polar surface area (TPSA) is 31.4 Å². The molecule has 7 rings (SSSR count). The number of pyridine rings is 1.